The quantitative estimate of drug-likeness (QED) is 0.711. The summed E-state index contributed by atoms with van der Waals surface area (Å²) in [5.41, 5.74) is 9.19. The number of anilines is 2. The summed E-state index contributed by atoms with van der Waals surface area (Å²) >= 11 is 0. The van der Waals surface area contributed by atoms with E-state index in [-0.39, 0.29) is 0 Å². The lowest BCUT2D eigenvalue weighted by atomic mass is 9.80. The molecular weight excluding hydrogens is 346 g/mol. The standard InChI is InChI=1S/C20H25N3O4/c1-4-13-20(21,14-5-9-16(10-6-14)22-18(24)26-2)15-7-11-17(12-8-15)23-19(25)27-3/h5-12H,4,13,21H2,1-3H3,(H,22,24)(H,23,25). The first-order valence-electron chi connectivity index (χ1n) is 8.63. The van der Waals surface area contributed by atoms with Crippen molar-refractivity contribution in [3.63, 3.8) is 0 Å². The summed E-state index contributed by atoms with van der Waals surface area (Å²) in [4.78, 5) is 22.6. The molecule has 0 atom stereocenters. The van der Waals surface area contributed by atoms with Crippen molar-refractivity contribution in [3.8, 4) is 0 Å². The van der Waals surface area contributed by atoms with Crippen LogP contribution in [0.1, 0.15) is 30.9 Å². The molecule has 27 heavy (non-hydrogen) atoms. The number of hydrogen-bond acceptors (Lipinski definition) is 5. The first-order valence-corrected chi connectivity index (χ1v) is 8.63. The van der Waals surface area contributed by atoms with Crippen LogP contribution in [-0.4, -0.2) is 26.4 Å². The molecule has 0 aromatic heterocycles. The zero-order valence-electron chi connectivity index (χ0n) is 15.7. The van der Waals surface area contributed by atoms with E-state index in [0.29, 0.717) is 11.4 Å². The molecule has 2 rings (SSSR count). The van der Waals surface area contributed by atoms with Crippen molar-refractivity contribution in [2.24, 2.45) is 5.73 Å². The SMILES string of the molecule is CCCC(N)(c1ccc(NC(=O)OC)cc1)c1ccc(NC(=O)OC)cc1. The number of carbonyl (C=O) groups is 2. The van der Waals surface area contributed by atoms with E-state index in [9.17, 15) is 9.59 Å². The molecular formula is C20H25N3O4. The van der Waals surface area contributed by atoms with Gasteiger partial charge >= 0.3 is 12.2 Å². The van der Waals surface area contributed by atoms with E-state index in [1.54, 1.807) is 24.3 Å². The number of nitrogens with two attached hydrogens (primary N) is 1. The number of carbonyl (C=O) groups excluding carboxylic acids is 2. The fourth-order valence-corrected chi connectivity index (χ4v) is 2.89. The molecule has 7 heteroatoms. The average molecular weight is 371 g/mol. The highest BCUT2D eigenvalue weighted by Gasteiger charge is 2.28. The molecule has 0 saturated heterocycles. The largest absolute Gasteiger partial charge is 0.453 e. The van der Waals surface area contributed by atoms with E-state index >= 15 is 0 Å². The zero-order valence-corrected chi connectivity index (χ0v) is 15.7. The Kier molecular flexibility index (Phi) is 6.79. The third kappa shape index (κ3) is 4.98. The van der Waals surface area contributed by atoms with Crippen LogP contribution in [0.25, 0.3) is 0 Å². The van der Waals surface area contributed by atoms with Gasteiger partial charge in [0.25, 0.3) is 0 Å². The fourth-order valence-electron chi connectivity index (χ4n) is 2.89. The Balaban J connectivity index is 2.28. The van der Waals surface area contributed by atoms with E-state index in [0.717, 1.165) is 24.0 Å². The fraction of sp³-hybridized carbons (Fsp3) is 0.300. The number of benzene rings is 2. The Hall–Kier alpha value is -3.06. The van der Waals surface area contributed by atoms with Gasteiger partial charge in [-0.15, -0.1) is 0 Å². The molecule has 2 aromatic carbocycles. The van der Waals surface area contributed by atoms with Gasteiger partial charge in [-0.3, -0.25) is 10.6 Å². The molecule has 4 N–H and O–H groups in total. The number of ether oxygens (including phenoxy) is 2. The lowest BCUT2D eigenvalue weighted by Gasteiger charge is -2.31. The van der Waals surface area contributed by atoms with Crippen molar-refractivity contribution < 1.29 is 19.1 Å². The number of rotatable bonds is 6. The van der Waals surface area contributed by atoms with Gasteiger partial charge < -0.3 is 15.2 Å². The van der Waals surface area contributed by atoms with Gasteiger partial charge in [0.1, 0.15) is 0 Å². The second-order valence-electron chi connectivity index (χ2n) is 6.11. The van der Waals surface area contributed by atoms with Crippen molar-refractivity contribution in [2.75, 3.05) is 24.9 Å². The Bertz CT molecular complexity index is 711. The van der Waals surface area contributed by atoms with Crippen molar-refractivity contribution in [3.05, 3.63) is 59.7 Å². The monoisotopic (exact) mass is 371 g/mol. The molecule has 2 amide bonds. The maximum Gasteiger partial charge on any atom is 0.411 e. The zero-order chi connectivity index (χ0) is 19.9. The van der Waals surface area contributed by atoms with Crippen molar-refractivity contribution >= 4 is 23.6 Å². The predicted molar refractivity (Wildman–Crippen MR) is 105 cm³/mol. The Labute approximate surface area is 158 Å². The van der Waals surface area contributed by atoms with Crippen LogP contribution in [-0.2, 0) is 15.0 Å². The molecule has 0 unspecified atom stereocenters. The molecule has 0 radical (unpaired) electrons. The van der Waals surface area contributed by atoms with E-state index in [1.165, 1.54) is 14.2 Å². The number of hydrogen-bond donors (Lipinski definition) is 3. The van der Waals surface area contributed by atoms with E-state index in [1.807, 2.05) is 24.3 Å². The van der Waals surface area contributed by atoms with Crippen LogP contribution in [0.2, 0.25) is 0 Å². The highest BCUT2D eigenvalue weighted by atomic mass is 16.5. The second kappa shape index (κ2) is 9.05. The van der Waals surface area contributed by atoms with Gasteiger partial charge in [-0.25, -0.2) is 9.59 Å². The van der Waals surface area contributed by atoms with E-state index in [2.05, 4.69) is 27.0 Å². The smallest absolute Gasteiger partial charge is 0.411 e. The molecule has 0 spiro atoms. The number of nitrogens with one attached hydrogen (secondary N) is 2. The predicted octanol–water partition coefficient (Wildman–Crippen LogP) is 4.05. The summed E-state index contributed by atoms with van der Waals surface area (Å²) < 4.78 is 9.19. The van der Waals surface area contributed by atoms with Crippen LogP contribution in [0.4, 0.5) is 21.0 Å². The minimum Gasteiger partial charge on any atom is -0.453 e. The highest BCUT2D eigenvalue weighted by Crippen LogP contribution is 2.33. The summed E-state index contributed by atoms with van der Waals surface area (Å²) in [6.07, 6.45) is 0.578. The van der Waals surface area contributed by atoms with Crippen molar-refractivity contribution in [1.29, 1.82) is 0 Å². The second-order valence-corrected chi connectivity index (χ2v) is 6.11. The topological polar surface area (TPSA) is 103 Å². The average Bonchev–Trinajstić information content (AvgIpc) is 2.69. The molecule has 0 aliphatic rings. The summed E-state index contributed by atoms with van der Waals surface area (Å²) in [5.74, 6) is 0. The van der Waals surface area contributed by atoms with Crippen LogP contribution in [0.3, 0.4) is 0 Å². The minimum absolute atomic E-state index is 0.524. The van der Waals surface area contributed by atoms with Gasteiger partial charge in [-0.05, 0) is 41.8 Å². The van der Waals surface area contributed by atoms with Crippen LogP contribution >= 0.6 is 0 Å². The Morgan fingerprint density at radius 2 is 1.22 bits per heavy atom. The van der Waals surface area contributed by atoms with Crippen molar-refractivity contribution in [2.45, 2.75) is 25.3 Å². The molecule has 2 aromatic rings. The summed E-state index contributed by atoms with van der Waals surface area (Å²) in [7, 11) is 2.63. The third-order valence-electron chi connectivity index (χ3n) is 4.31. The Morgan fingerprint density at radius 1 is 0.852 bits per heavy atom. The number of methoxy groups -OCH3 is 2. The molecule has 0 aliphatic heterocycles. The highest BCUT2D eigenvalue weighted by molar-refractivity contribution is 5.85. The van der Waals surface area contributed by atoms with Gasteiger partial charge in [0, 0.05) is 11.4 Å². The molecule has 0 heterocycles. The molecule has 0 fully saturated rings. The molecule has 144 valence electrons. The third-order valence-corrected chi connectivity index (χ3v) is 4.31. The van der Waals surface area contributed by atoms with Crippen LogP contribution in [0.15, 0.2) is 48.5 Å². The van der Waals surface area contributed by atoms with Gasteiger partial charge in [0.2, 0.25) is 0 Å². The van der Waals surface area contributed by atoms with Crippen LogP contribution in [0, 0.1) is 0 Å². The molecule has 0 aliphatic carbocycles. The van der Waals surface area contributed by atoms with Gasteiger partial charge in [-0.2, -0.15) is 0 Å². The molecule has 0 saturated carbocycles. The summed E-state index contributed by atoms with van der Waals surface area (Å²) in [6.45, 7) is 2.07. The van der Waals surface area contributed by atoms with Crippen molar-refractivity contribution in [1.82, 2.24) is 0 Å². The first-order chi connectivity index (χ1) is 12.9. The van der Waals surface area contributed by atoms with Gasteiger partial charge in [-0.1, -0.05) is 37.6 Å². The van der Waals surface area contributed by atoms with E-state index < -0.39 is 17.7 Å². The normalized spacial score (nSPS) is 10.8. The van der Waals surface area contributed by atoms with E-state index in [4.69, 9.17) is 5.73 Å². The summed E-state index contributed by atoms with van der Waals surface area (Å²) in [6, 6.07) is 14.7. The van der Waals surface area contributed by atoms with Crippen LogP contribution < -0.4 is 16.4 Å². The summed E-state index contributed by atoms with van der Waals surface area (Å²) in [5, 5.41) is 5.24. The maximum atomic E-state index is 11.3. The van der Waals surface area contributed by atoms with Gasteiger partial charge in [0.05, 0.1) is 19.8 Å². The molecule has 0 bridgehead atoms. The Morgan fingerprint density at radius 3 is 1.52 bits per heavy atom. The van der Waals surface area contributed by atoms with Crippen LogP contribution in [0.5, 0.6) is 0 Å². The lowest BCUT2D eigenvalue weighted by molar-refractivity contribution is 0.186. The number of amides is 2. The minimum atomic E-state index is -0.692. The van der Waals surface area contributed by atoms with Gasteiger partial charge in [0.15, 0.2) is 0 Å². The lowest BCUT2D eigenvalue weighted by Crippen LogP contribution is -2.37. The maximum absolute atomic E-state index is 11.3. The molecule has 7 nitrogen and oxygen atoms in total. The first kappa shape index (κ1) is 20.3.